The third kappa shape index (κ3) is 3.32. The van der Waals surface area contributed by atoms with Crippen molar-refractivity contribution in [2.45, 2.75) is 24.9 Å². The van der Waals surface area contributed by atoms with Gasteiger partial charge in [-0.1, -0.05) is 0 Å². The van der Waals surface area contributed by atoms with E-state index in [9.17, 15) is 19.5 Å². The molecule has 3 atom stereocenters. The first-order valence-electron chi connectivity index (χ1n) is 6.52. The fraction of sp³-hybridized carbons (Fsp3) is 0.462. The molecule has 2 rings (SSSR count). The number of aliphatic hydroxyl groups excluding tert-OH is 2. The largest absolute Gasteiger partial charge is 0.466 e. The van der Waals surface area contributed by atoms with Gasteiger partial charge in [-0.25, -0.2) is 9.59 Å². The van der Waals surface area contributed by atoms with Crippen LogP contribution in [0.25, 0.3) is 6.08 Å². The molecule has 1 aliphatic rings. The van der Waals surface area contributed by atoms with Crippen molar-refractivity contribution in [1.29, 1.82) is 0 Å². The summed E-state index contributed by atoms with van der Waals surface area (Å²) in [7, 11) is 1.20. The van der Waals surface area contributed by atoms with Crippen LogP contribution in [0.3, 0.4) is 0 Å². The smallest absolute Gasteiger partial charge is 0.330 e. The Morgan fingerprint density at radius 1 is 1.59 bits per heavy atom. The molecule has 0 aliphatic carbocycles. The van der Waals surface area contributed by atoms with Gasteiger partial charge in [0.2, 0.25) is 0 Å². The summed E-state index contributed by atoms with van der Waals surface area (Å²) in [5, 5.41) is 18.7. The minimum absolute atomic E-state index is 0.0514. The lowest BCUT2D eigenvalue weighted by Crippen LogP contribution is -2.33. The van der Waals surface area contributed by atoms with Gasteiger partial charge in [0.05, 0.1) is 25.4 Å². The number of carbonyl (C=O) groups is 1. The van der Waals surface area contributed by atoms with Crippen LogP contribution in [0.1, 0.15) is 18.2 Å². The number of carbonyl (C=O) groups excluding carboxylic acids is 1. The molecule has 2 heterocycles. The number of aromatic amines is 1. The molecule has 9 nitrogen and oxygen atoms in total. The van der Waals surface area contributed by atoms with Gasteiger partial charge in [-0.2, -0.15) is 0 Å². The number of rotatable bonds is 4. The summed E-state index contributed by atoms with van der Waals surface area (Å²) in [5.41, 5.74) is -1.33. The third-order valence-corrected chi connectivity index (χ3v) is 3.29. The van der Waals surface area contributed by atoms with Gasteiger partial charge in [0, 0.05) is 18.7 Å². The Morgan fingerprint density at radius 2 is 2.32 bits per heavy atom. The summed E-state index contributed by atoms with van der Waals surface area (Å²) in [4.78, 5) is 36.7. The van der Waals surface area contributed by atoms with Crippen molar-refractivity contribution >= 4 is 12.0 Å². The van der Waals surface area contributed by atoms with Crippen molar-refractivity contribution in [3.8, 4) is 0 Å². The van der Waals surface area contributed by atoms with Crippen molar-refractivity contribution < 1.29 is 24.5 Å². The molecule has 120 valence electrons. The average molecular weight is 312 g/mol. The van der Waals surface area contributed by atoms with E-state index in [-0.39, 0.29) is 18.6 Å². The number of ether oxygens (including phenoxy) is 2. The van der Waals surface area contributed by atoms with E-state index in [1.807, 2.05) is 0 Å². The molecule has 0 aromatic carbocycles. The highest BCUT2D eigenvalue weighted by Gasteiger charge is 2.35. The summed E-state index contributed by atoms with van der Waals surface area (Å²) in [6, 6.07) is 0. The van der Waals surface area contributed by atoms with Gasteiger partial charge in [-0.15, -0.1) is 0 Å². The van der Waals surface area contributed by atoms with Crippen LogP contribution in [0.15, 0.2) is 21.9 Å². The minimum atomic E-state index is -0.914. The summed E-state index contributed by atoms with van der Waals surface area (Å²) in [5.74, 6) is -0.648. The average Bonchev–Trinajstić information content (AvgIpc) is 2.86. The minimum Gasteiger partial charge on any atom is -0.466 e. The molecule has 1 aromatic rings. The second kappa shape index (κ2) is 6.69. The van der Waals surface area contributed by atoms with Crippen LogP contribution in [0.2, 0.25) is 0 Å². The fourth-order valence-electron chi connectivity index (χ4n) is 2.11. The number of esters is 1. The van der Waals surface area contributed by atoms with E-state index in [2.05, 4.69) is 9.72 Å². The molecule has 1 fully saturated rings. The van der Waals surface area contributed by atoms with Crippen LogP contribution in [-0.4, -0.2) is 51.7 Å². The van der Waals surface area contributed by atoms with E-state index in [4.69, 9.17) is 9.84 Å². The first-order chi connectivity index (χ1) is 10.5. The molecule has 22 heavy (non-hydrogen) atoms. The van der Waals surface area contributed by atoms with Crippen LogP contribution in [0.4, 0.5) is 0 Å². The first kappa shape index (κ1) is 16.1. The van der Waals surface area contributed by atoms with E-state index in [1.165, 1.54) is 19.4 Å². The van der Waals surface area contributed by atoms with E-state index < -0.39 is 35.7 Å². The van der Waals surface area contributed by atoms with Crippen molar-refractivity contribution in [2.24, 2.45) is 0 Å². The van der Waals surface area contributed by atoms with Gasteiger partial charge < -0.3 is 19.7 Å². The predicted octanol–water partition coefficient (Wildman–Crippen LogP) is -1.64. The van der Waals surface area contributed by atoms with E-state index in [0.29, 0.717) is 0 Å². The third-order valence-electron chi connectivity index (χ3n) is 3.29. The van der Waals surface area contributed by atoms with Gasteiger partial charge in [0.1, 0.15) is 12.3 Å². The number of H-pyrrole nitrogens is 1. The molecule has 0 bridgehead atoms. The van der Waals surface area contributed by atoms with Crippen molar-refractivity contribution in [3.05, 3.63) is 38.7 Å². The zero-order chi connectivity index (χ0) is 16.3. The molecule has 0 saturated carbocycles. The zero-order valence-corrected chi connectivity index (χ0v) is 11.8. The van der Waals surface area contributed by atoms with E-state index in [1.54, 1.807) is 0 Å². The molecule has 3 unspecified atom stereocenters. The van der Waals surface area contributed by atoms with Gasteiger partial charge >= 0.3 is 11.7 Å². The summed E-state index contributed by atoms with van der Waals surface area (Å²) < 4.78 is 10.9. The molecule has 1 aromatic heterocycles. The monoisotopic (exact) mass is 312 g/mol. The molecular weight excluding hydrogens is 296 g/mol. The number of aromatic nitrogens is 2. The molecule has 1 saturated heterocycles. The second-order valence-electron chi connectivity index (χ2n) is 4.72. The second-order valence-corrected chi connectivity index (χ2v) is 4.72. The lowest BCUT2D eigenvalue weighted by atomic mass is 10.2. The highest BCUT2D eigenvalue weighted by atomic mass is 16.5. The number of hydrogen-bond donors (Lipinski definition) is 3. The predicted molar refractivity (Wildman–Crippen MR) is 74.0 cm³/mol. The van der Waals surface area contributed by atoms with Crippen molar-refractivity contribution in [3.63, 3.8) is 0 Å². The Balaban J connectivity index is 2.33. The number of aliphatic hydroxyl groups is 2. The first-order valence-corrected chi connectivity index (χ1v) is 6.52. The van der Waals surface area contributed by atoms with Crippen LogP contribution in [0.5, 0.6) is 0 Å². The van der Waals surface area contributed by atoms with Crippen molar-refractivity contribution in [2.75, 3.05) is 13.7 Å². The van der Waals surface area contributed by atoms with E-state index >= 15 is 0 Å². The maximum atomic E-state index is 11.8. The normalized spacial score (nSPS) is 24.8. The number of methoxy groups -OCH3 is 1. The lowest BCUT2D eigenvalue weighted by molar-refractivity contribution is -0.134. The zero-order valence-electron chi connectivity index (χ0n) is 11.8. The summed E-state index contributed by atoms with van der Waals surface area (Å²) in [6.07, 6.45) is 1.03. The molecule has 0 amide bonds. The molecule has 3 N–H and O–H groups in total. The lowest BCUT2D eigenvalue weighted by Gasteiger charge is -2.14. The standard InChI is InChI=1S/C13H16N2O7/c1-21-11(18)3-2-7-5-15(13(20)14-12(7)19)10-4-8(17)9(6-16)22-10/h2-3,5,8-10,16-17H,4,6H2,1H3,(H,14,19,20)/b3-2+. The number of nitrogens with zero attached hydrogens (tertiary/aromatic N) is 1. The fourth-order valence-corrected chi connectivity index (χ4v) is 2.11. The molecule has 9 heteroatoms. The SMILES string of the molecule is COC(=O)/C=C/c1cn(C2CC(O)C(CO)O2)c(=O)[nH]c1=O. The summed E-state index contributed by atoms with van der Waals surface area (Å²) >= 11 is 0. The Bertz CT molecular complexity index is 690. The Morgan fingerprint density at radius 3 is 2.91 bits per heavy atom. The molecule has 0 spiro atoms. The van der Waals surface area contributed by atoms with E-state index in [0.717, 1.165) is 10.6 Å². The van der Waals surface area contributed by atoms with Crippen LogP contribution < -0.4 is 11.2 Å². The van der Waals surface area contributed by atoms with Gasteiger partial charge in [-0.05, 0) is 6.08 Å². The molecule has 0 radical (unpaired) electrons. The van der Waals surface area contributed by atoms with Crippen LogP contribution >= 0.6 is 0 Å². The van der Waals surface area contributed by atoms with Crippen LogP contribution in [0, 0.1) is 0 Å². The van der Waals surface area contributed by atoms with Crippen LogP contribution in [-0.2, 0) is 14.3 Å². The highest BCUT2D eigenvalue weighted by Crippen LogP contribution is 2.27. The summed E-state index contributed by atoms with van der Waals surface area (Å²) in [6.45, 7) is -0.384. The Kier molecular flexibility index (Phi) is 4.91. The quantitative estimate of drug-likeness (QED) is 0.449. The van der Waals surface area contributed by atoms with Gasteiger partial charge in [0.25, 0.3) is 5.56 Å². The number of nitrogens with one attached hydrogen (secondary N) is 1. The maximum Gasteiger partial charge on any atom is 0.330 e. The van der Waals surface area contributed by atoms with Gasteiger partial charge in [0.15, 0.2) is 0 Å². The topological polar surface area (TPSA) is 131 Å². The maximum absolute atomic E-state index is 11.8. The Labute approximate surface area is 124 Å². The molecular formula is C13H16N2O7. The molecule has 1 aliphatic heterocycles. The highest BCUT2D eigenvalue weighted by molar-refractivity contribution is 5.86. The van der Waals surface area contributed by atoms with Gasteiger partial charge in [-0.3, -0.25) is 14.3 Å². The van der Waals surface area contributed by atoms with Crippen molar-refractivity contribution in [1.82, 2.24) is 9.55 Å². The number of hydrogen-bond acceptors (Lipinski definition) is 7. The Hall–Kier alpha value is -2.23.